The van der Waals surface area contributed by atoms with Crippen molar-refractivity contribution in [3.63, 3.8) is 0 Å². The Morgan fingerprint density at radius 3 is 3.08 bits per heavy atom. The largest absolute Gasteiger partial charge is 0.480 e. The molecule has 0 aromatic heterocycles. The summed E-state index contributed by atoms with van der Waals surface area (Å²) >= 11 is 0. The maximum absolute atomic E-state index is 10.2. The fourth-order valence-electron chi connectivity index (χ4n) is 1.47. The number of carboxylic acids is 1. The van der Waals surface area contributed by atoms with Gasteiger partial charge in [-0.1, -0.05) is 6.92 Å². The van der Waals surface area contributed by atoms with E-state index in [0.717, 1.165) is 19.3 Å². The summed E-state index contributed by atoms with van der Waals surface area (Å²) in [5, 5.41) is 8.41. The van der Waals surface area contributed by atoms with Crippen molar-refractivity contribution in [3.05, 3.63) is 0 Å². The molecule has 1 aliphatic heterocycles. The first-order valence-electron chi connectivity index (χ1n) is 4.67. The second-order valence-electron chi connectivity index (χ2n) is 3.25. The average Bonchev–Trinajstić information content (AvgIpc) is 2.15. The van der Waals surface area contributed by atoms with Gasteiger partial charge in [-0.15, -0.1) is 0 Å². The molecule has 0 aromatic carbocycles. The van der Waals surface area contributed by atoms with Crippen LogP contribution in [0.15, 0.2) is 0 Å². The first-order chi connectivity index (χ1) is 6.22. The zero-order valence-electron chi connectivity index (χ0n) is 7.86. The minimum atomic E-state index is -0.903. The van der Waals surface area contributed by atoms with Gasteiger partial charge in [0.05, 0.1) is 12.2 Å². The summed E-state index contributed by atoms with van der Waals surface area (Å²) in [6, 6.07) is 0. The van der Waals surface area contributed by atoms with Crippen LogP contribution in [-0.4, -0.2) is 36.5 Å². The molecule has 1 aliphatic rings. The highest BCUT2D eigenvalue weighted by molar-refractivity contribution is 5.68. The van der Waals surface area contributed by atoms with Crippen molar-refractivity contribution in [2.75, 3.05) is 13.2 Å². The third kappa shape index (κ3) is 3.74. The number of carbonyl (C=O) groups is 1. The quantitative estimate of drug-likeness (QED) is 0.716. The Balaban J connectivity index is 2.21. The average molecular weight is 188 g/mol. The minimum Gasteiger partial charge on any atom is -0.480 e. The molecule has 0 saturated carbocycles. The van der Waals surface area contributed by atoms with Crippen LogP contribution in [0.4, 0.5) is 0 Å². The summed E-state index contributed by atoms with van der Waals surface area (Å²) in [7, 11) is 0. The summed E-state index contributed by atoms with van der Waals surface area (Å²) in [6.07, 6.45) is 2.91. The normalized spacial score (nSPS) is 28.7. The van der Waals surface area contributed by atoms with Gasteiger partial charge in [-0.25, -0.2) is 4.79 Å². The van der Waals surface area contributed by atoms with Crippen molar-refractivity contribution >= 4 is 5.97 Å². The molecule has 0 aliphatic carbocycles. The van der Waals surface area contributed by atoms with Crippen molar-refractivity contribution in [2.24, 2.45) is 0 Å². The summed E-state index contributed by atoms with van der Waals surface area (Å²) in [4.78, 5) is 10.2. The molecule has 1 saturated heterocycles. The van der Waals surface area contributed by atoms with E-state index in [1.807, 2.05) is 0 Å². The summed E-state index contributed by atoms with van der Waals surface area (Å²) in [6.45, 7) is 2.55. The SMILES string of the molecule is CCC1CC(OCC(=O)O)CCO1. The molecule has 1 rings (SSSR count). The number of rotatable bonds is 4. The molecule has 0 radical (unpaired) electrons. The number of hydrogen-bond donors (Lipinski definition) is 1. The molecular weight excluding hydrogens is 172 g/mol. The number of ether oxygens (including phenoxy) is 2. The first kappa shape index (κ1) is 10.5. The molecule has 1 fully saturated rings. The van der Waals surface area contributed by atoms with Gasteiger partial charge < -0.3 is 14.6 Å². The summed E-state index contributed by atoms with van der Waals surface area (Å²) < 4.78 is 10.6. The molecule has 0 amide bonds. The van der Waals surface area contributed by atoms with E-state index in [-0.39, 0.29) is 18.8 Å². The minimum absolute atomic E-state index is 0.0646. The predicted octanol–water partition coefficient (Wildman–Crippen LogP) is 1.05. The lowest BCUT2D eigenvalue weighted by molar-refractivity contribution is -0.148. The van der Waals surface area contributed by atoms with Crippen molar-refractivity contribution in [1.82, 2.24) is 0 Å². The molecule has 1 N–H and O–H groups in total. The van der Waals surface area contributed by atoms with Crippen LogP contribution < -0.4 is 0 Å². The van der Waals surface area contributed by atoms with E-state index < -0.39 is 5.97 Å². The van der Waals surface area contributed by atoms with Gasteiger partial charge in [0.1, 0.15) is 6.61 Å². The van der Waals surface area contributed by atoms with E-state index >= 15 is 0 Å². The van der Waals surface area contributed by atoms with Crippen LogP contribution in [0.2, 0.25) is 0 Å². The van der Waals surface area contributed by atoms with E-state index in [4.69, 9.17) is 14.6 Å². The molecule has 76 valence electrons. The van der Waals surface area contributed by atoms with Crippen LogP contribution in [0.3, 0.4) is 0 Å². The fraction of sp³-hybridized carbons (Fsp3) is 0.889. The Kier molecular flexibility index (Phi) is 4.18. The summed E-state index contributed by atoms with van der Waals surface area (Å²) in [5.41, 5.74) is 0. The van der Waals surface area contributed by atoms with Crippen molar-refractivity contribution in [1.29, 1.82) is 0 Å². The van der Waals surface area contributed by atoms with Crippen LogP contribution in [0, 0.1) is 0 Å². The maximum Gasteiger partial charge on any atom is 0.329 e. The van der Waals surface area contributed by atoms with Gasteiger partial charge in [0.25, 0.3) is 0 Å². The molecule has 0 bridgehead atoms. The monoisotopic (exact) mass is 188 g/mol. The van der Waals surface area contributed by atoms with Crippen molar-refractivity contribution in [2.45, 2.75) is 38.4 Å². The lowest BCUT2D eigenvalue weighted by Crippen LogP contribution is -2.31. The van der Waals surface area contributed by atoms with Crippen LogP contribution in [0.5, 0.6) is 0 Å². The Morgan fingerprint density at radius 2 is 2.46 bits per heavy atom. The number of aliphatic carboxylic acids is 1. The smallest absolute Gasteiger partial charge is 0.329 e. The molecule has 4 heteroatoms. The lowest BCUT2D eigenvalue weighted by atomic mass is 10.0. The number of carboxylic acid groups (broad SMARTS) is 1. The maximum atomic E-state index is 10.2. The lowest BCUT2D eigenvalue weighted by Gasteiger charge is -2.28. The molecule has 0 aromatic rings. The molecule has 0 spiro atoms. The molecule has 2 unspecified atom stereocenters. The van der Waals surface area contributed by atoms with E-state index in [1.165, 1.54) is 0 Å². The van der Waals surface area contributed by atoms with E-state index in [1.54, 1.807) is 0 Å². The number of hydrogen-bond acceptors (Lipinski definition) is 3. The van der Waals surface area contributed by atoms with Gasteiger partial charge in [-0.3, -0.25) is 0 Å². The highest BCUT2D eigenvalue weighted by Crippen LogP contribution is 2.18. The Labute approximate surface area is 77.8 Å². The van der Waals surface area contributed by atoms with E-state index in [0.29, 0.717) is 6.61 Å². The van der Waals surface area contributed by atoms with Crippen LogP contribution in [-0.2, 0) is 14.3 Å². The van der Waals surface area contributed by atoms with Crippen LogP contribution in [0.25, 0.3) is 0 Å². The van der Waals surface area contributed by atoms with Gasteiger partial charge in [0, 0.05) is 6.61 Å². The van der Waals surface area contributed by atoms with E-state index in [2.05, 4.69) is 6.92 Å². The summed E-state index contributed by atoms with van der Waals surface area (Å²) in [5.74, 6) is -0.903. The second-order valence-corrected chi connectivity index (χ2v) is 3.25. The van der Waals surface area contributed by atoms with Gasteiger partial charge in [0.15, 0.2) is 0 Å². The third-order valence-corrected chi connectivity index (χ3v) is 2.22. The first-order valence-corrected chi connectivity index (χ1v) is 4.67. The third-order valence-electron chi connectivity index (χ3n) is 2.22. The zero-order chi connectivity index (χ0) is 9.68. The molecule has 1 heterocycles. The predicted molar refractivity (Wildman–Crippen MR) is 46.6 cm³/mol. The van der Waals surface area contributed by atoms with Crippen LogP contribution in [0.1, 0.15) is 26.2 Å². The van der Waals surface area contributed by atoms with E-state index in [9.17, 15) is 4.79 Å². The van der Waals surface area contributed by atoms with Gasteiger partial charge in [-0.05, 0) is 19.3 Å². The molecule has 4 nitrogen and oxygen atoms in total. The molecule has 13 heavy (non-hydrogen) atoms. The van der Waals surface area contributed by atoms with Gasteiger partial charge in [0.2, 0.25) is 0 Å². The Morgan fingerprint density at radius 1 is 1.69 bits per heavy atom. The van der Waals surface area contributed by atoms with Crippen LogP contribution >= 0.6 is 0 Å². The molecular formula is C9H16O4. The van der Waals surface area contributed by atoms with Crippen molar-refractivity contribution in [3.8, 4) is 0 Å². The highest BCUT2D eigenvalue weighted by Gasteiger charge is 2.22. The topological polar surface area (TPSA) is 55.8 Å². The van der Waals surface area contributed by atoms with Crippen molar-refractivity contribution < 1.29 is 19.4 Å². The standard InChI is InChI=1S/C9H16O4/c1-2-7-5-8(3-4-12-7)13-6-9(10)11/h7-8H,2-6H2,1H3,(H,10,11). The zero-order valence-corrected chi connectivity index (χ0v) is 7.86. The Bertz CT molecular complexity index is 169. The molecule has 2 atom stereocenters. The Hall–Kier alpha value is -0.610. The van der Waals surface area contributed by atoms with Gasteiger partial charge in [-0.2, -0.15) is 0 Å². The second kappa shape index (κ2) is 5.19. The fourth-order valence-corrected chi connectivity index (χ4v) is 1.47. The van der Waals surface area contributed by atoms with Gasteiger partial charge >= 0.3 is 5.97 Å². The highest BCUT2D eigenvalue weighted by atomic mass is 16.5.